The maximum atomic E-state index is 5.45. The van der Waals surface area contributed by atoms with Crippen molar-refractivity contribution in [3.05, 3.63) is 17.3 Å². The number of nitrogens with one attached hydrogen (secondary N) is 1. The lowest BCUT2D eigenvalue weighted by Gasteiger charge is -2.21. The zero-order chi connectivity index (χ0) is 11.8. The van der Waals surface area contributed by atoms with Crippen molar-refractivity contribution >= 4 is 27.4 Å². The predicted octanol–water partition coefficient (Wildman–Crippen LogP) is 1.86. The summed E-state index contributed by atoms with van der Waals surface area (Å²) in [7, 11) is 1.64. The van der Waals surface area contributed by atoms with E-state index >= 15 is 0 Å². The van der Waals surface area contributed by atoms with E-state index in [0.29, 0.717) is 11.6 Å². The molecule has 5 nitrogen and oxygen atoms in total. The maximum Gasteiger partial charge on any atom is 0.163 e. The molecule has 6 heteroatoms. The van der Waals surface area contributed by atoms with Gasteiger partial charge >= 0.3 is 0 Å². The highest BCUT2D eigenvalue weighted by atomic mass is 32.1. The lowest BCUT2D eigenvalue weighted by atomic mass is 10.1. The van der Waals surface area contributed by atoms with Crippen LogP contribution in [0.2, 0.25) is 0 Å². The first kappa shape index (κ1) is 11.3. The molecule has 0 saturated carbocycles. The third kappa shape index (κ3) is 1.75. The lowest BCUT2D eigenvalue weighted by molar-refractivity contribution is 0.0119. The van der Waals surface area contributed by atoms with Crippen LogP contribution in [-0.4, -0.2) is 17.1 Å². The van der Waals surface area contributed by atoms with E-state index in [9.17, 15) is 0 Å². The van der Waals surface area contributed by atoms with Gasteiger partial charge in [0.05, 0.1) is 5.39 Å². The summed E-state index contributed by atoms with van der Waals surface area (Å²) in [4.78, 5) is 9.75. The van der Waals surface area contributed by atoms with E-state index in [0.717, 1.165) is 10.2 Å². The van der Waals surface area contributed by atoms with Gasteiger partial charge in [0.25, 0.3) is 0 Å². The molecule has 0 fully saturated rings. The van der Waals surface area contributed by atoms with Gasteiger partial charge in [-0.05, 0) is 25.3 Å². The van der Waals surface area contributed by atoms with Crippen molar-refractivity contribution < 1.29 is 4.74 Å². The van der Waals surface area contributed by atoms with Crippen LogP contribution in [0.4, 0.5) is 5.82 Å². The lowest BCUT2D eigenvalue weighted by Crippen LogP contribution is -2.24. The second kappa shape index (κ2) is 3.97. The minimum Gasteiger partial charge on any atom is -0.371 e. The summed E-state index contributed by atoms with van der Waals surface area (Å²) in [6.45, 7) is 3.84. The molecule has 0 aliphatic rings. The van der Waals surface area contributed by atoms with Gasteiger partial charge in [-0.25, -0.2) is 15.8 Å². The number of anilines is 1. The third-order valence-corrected chi connectivity index (χ3v) is 3.32. The van der Waals surface area contributed by atoms with E-state index in [4.69, 9.17) is 10.6 Å². The van der Waals surface area contributed by atoms with Crippen LogP contribution >= 0.6 is 11.3 Å². The van der Waals surface area contributed by atoms with Crippen LogP contribution in [0, 0.1) is 0 Å². The highest BCUT2D eigenvalue weighted by Crippen LogP contribution is 2.28. The van der Waals surface area contributed by atoms with E-state index in [1.807, 2.05) is 25.3 Å². The van der Waals surface area contributed by atoms with Crippen LogP contribution in [0.15, 0.2) is 11.4 Å². The van der Waals surface area contributed by atoms with Gasteiger partial charge in [-0.2, -0.15) is 0 Å². The molecule has 2 rings (SSSR count). The summed E-state index contributed by atoms with van der Waals surface area (Å²) in [5.41, 5.74) is 2.07. The van der Waals surface area contributed by atoms with Crippen molar-refractivity contribution in [1.82, 2.24) is 9.97 Å². The van der Waals surface area contributed by atoms with E-state index in [1.165, 1.54) is 0 Å². The Hall–Kier alpha value is -1.24. The molecule has 0 aliphatic carbocycles. The standard InChI is InChI=1S/C10H14N4OS/c1-10(2,15-3)9-12-7(14-11)6-4-5-16-8(6)13-9/h4-5H,11H2,1-3H3,(H,12,13,14). The Kier molecular flexibility index (Phi) is 2.79. The number of nitrogen functional groups attached to an aromatic ring is 1. The molecule has 0 atom stereocenters. The molecule has 2 heterocycles. The molecule has 2 aromatic heterocycles. The molecule has 0 unspecified atom stereocenters. The Morgan fingerprint density at radius 2 is 2.19 bits per heavy atom. The maximum absolute atomic E-state index is 5.45. The number of methoxy groups -OCH3 is 1. The van der Waals surface area contributed by atoms with Gasteiger partial charge in [-0.3, -0.25) is 0 Å². The molecule has 0 bridgehead atoms. The highest BCUT2D eigenvalue weighted by Gasteiger charge is 2.24. The van der Waals surface area contributed by atoms with Crippen molar-refractivity contribution in [3.8, 4) is 0 Å². The summed E-state index contributed by atoms with van der Waals surface area (Å²) >= 11 is 1.56. The van der Waals surface area contributed by atoms with Crippen molar-refractivity contribution in [3.63, 3.8) is 0 Å². The topological polar surface area (TPSA) is 73.1 Å². The van der Waals surface area contributed by atoms with Gasteiger partial charge in [0.2, 0.25) is 0 Å². The average Bonchev–Trinajstić information content (AvgIpc) is 2.75. The quantitative estimate of drug-likeness (QED) is 0.630. The van der Waals surface area contributed by atoms with Gasteiger partial charge < -0.3 is 10.2 Å². The number of hydrogen-bond acceptors (Lipinski definition) is 6. The van der Waals surface area contributed by atoms with E-state index < -0.39 is 5.60 Å². The Balaban J connectivity index is 2.64. The van der Waals surface area contributed by atoms with Crippen LogP contribution in [0.1, 0.15) is 19.7 Å². The van der Waals surface area contributed by atoms with Crippen LogP contribution in [-0.2, 0) is 10.3 Å². The van der Waals surface area contributed by atoms with Crippen molar-refractivity contribution in [2.45, 2.75) is 19.4 Å². The van der Waals surface area contributed by atoms with Gasteiger partial charge in [0.1, 0.15) is 10.4 Å². The van der Waals surface area contributed by atoms with E-state index in [-0.39, 0.29) is 0 Å². The summed E-state index contributed by atoms with van der Waals surface area (Å²) in [6, 6.07) is 1.94. The zero-order valence-corrected chi connectivity index (χ0v) is 10.3. The number of ether oxygens (including phenoxy) is 1. The number of fused-ring (bicyclic) bond motifs is 1. The highest BCUT2D eigenvalue weighted by molar-refractivity contribution is 7.16. The molecule has 0 amide bonds. The van der Waals surface area contributed by atoms with Crippen molar-refractivity contribution in [2.75, 3.05) is 12.5 Å². The SMILES string of the molecule is COC(C)(C)c1nc(NN)c2ccsc2n1. The second-order valence-corrected chi connectivity index (χ2v) is 4.79. The van der Waals surface area contributed by atoms with Crippen LogP contribution in [0.25, 0.3) is 10.2 Å². The van der Waals surface area contributed by atoms with E-state index in [1.54, 1.807) is 18.4 Å². The van der Waals surface area contributed by atoms with Gasteiger partial charge in [0.15, 0.2) is 11.6 Å². The molecule has 0 spiro atoms. The Morgan fingerprint density at radius 1 is 1.44 bits per heavy atom. The Labute approximate surface area is 97.6 Å². The minimum absolute atomic E-state index is 0.524. The number of nitrogens with zero attached hydrogens (tertiary/aromatic N) is 2. The second-order valence-electron chi connectivity index (χ2n) is 3.89. The monoisotopic (exact) mass is 238 g/mol. The number of nitrogens with two attached hydrogens (primary N) is 1. The first-order chi connectivity index (χ1) is 7.58. The third-order valence-electron chi connectivity index (χ3n) is 2.51. The van der Waals surface area contributed by atoms with E-state index in [2.05, 4.69) is 15.4 Å². The van der Waals surface area contributed by atoms with Gasteiger partial charge in [-0.1, -0.05) is 0 Å². The molecule has 3 N–H and O–H groups in total. The van der Waals surface area contributed by atoms with Crippen LogP contribution in [0.3, 0.4) is 0 Å². The fourth-order valence-electron chi connectivity index (χ4n) is 1.33. The number of thiophene rings is 1. The summed E-state index contributed by atoms with van der Waals surface area (Å²) < 4.78 is 5.36. The molecule has 0 radical (unpaired) electrons. The van der Waals surface area contributed by atoms with Crippen molar-refractivity contribution in [2.24, 2.45) is 5.84 Å². The Bertz CT molecular complexity index is 508. The number of hydrogen-bond donors (Lipinski definition) is 2. The molecular weight excluding hydrogens is 224 g/mol. The largest absolute Gasteiger partial charge is 0.371 e. The Morgan fingerprint density at radius 3 is 2.81 bits per heavy atom. The normalized spacial score (nSPS) is 12.0. The average molecular weight is 238 g/mol. The van der Waals surface area contributed by atoms with Gasteiger partial charge in [-0.15, -0.1) is 11.3 Å². The fourth-order valence-corrected chi connectivity index (χ4v) is 2.09. The van der Waals surface area contributed by atoms with Crippen LogP contribution < -0.4 is 11.3 Å². The molecule has 86 valence electrons. The summed E-state index contributed by atoms with van der Waals surface area (Å²) in [5, 5.41) is 2.90. The number of hydrazine groups is 1. The minimum atomic E-state index is -0.524. The van der Waals surface area contributed by atoms with Crippen LogP contribution in [0.5, 0.6) is 0 Å². The fraction of sp³-hybridized carbons (Fsp3) is 0.400. The molecular formula is C10H14N4OS. The number of aromatic nitrogens is 2. The molecule has 0 aliphatic heterocycles. The zero-order valence-electron chi connectivity index (χ0n) is 9.44. The molecule has 0 saturated heterocycles. The molecule has 0 aromatic carbocycles. The molecule has 16 heavy (non-hydrogen) atoms. The van der Waals surface area contributed by atoms with Crippen molar-refractivity contribution in [1.29, 1.82) is 0 Å². The molecule has 2 aromatic rings. The number of rotatable bonds is 3. The first-order valence-electron chi connectivity index (χ1n) is 4.86. The first-order valence-corrected chi connectivity index (χ1v) is 5.74. The van der Waals surface area contributed by atoms with Gasteiger partial charge in [0, 0.05) is 7.11 Å². The smallest absolute Gasteiger partial charge is 0.163 e. The predicted molar refractivity (Wildman–Crippen MR) is 65.3 cm³/mol. The summed E-state index contributed by atoms with van der Waals surface area (Å²) in [6.07, 6.45) is 0. The summed E-state index contributed by atoms with van der Waals surface area (Å²) in [5.74, 6) is 6.71.